The zero-order valence-corrected chi connectivity index (χ0v) is 14.5. The molecule has 1 N–H and O–H groups in total. The highest BCUT2D eigenvalue weighted by Crippen LogP contribution is 2.35. The number of nitrogens with one attached hydrogen (secondary N) is 1. The summed E-state index contributed by atoms with van der Waals surface area (Å²) in [7, 11) is 0. The predicted octanol–water partition coefficient (Wildman–Crippen LogP) is 2.64. The number of hydrogen-bond donors (Lipinski definition) is 1. The van der Waals surface area contributed by atoms with Crippen molar-refractivity contribution in [2.45, 2.75) is 23.9 Å². The molecule has 1 atom stereocenters. The van der Waals surface area contributed by atoms with Crippen molar-refractivity contribution in [2.75, 3.05) is 37.0 Å². The van der Waals surface area contributed by atoms with E-state index < -0.39 is 0 Å². The van der Waals surface area contributed by atoms with Crippen LogP contribution in [0.2, 0.25) is 0 Å². The van der Waals surface area contributed by atoms with E-state index in [1.54, 1.807) is 0 Å². The van der Waals surface area contributed by atoms with Gasteiger partial charge in [0.25, 0.3) is 0 Å². The Hall–Kier alpha value is -1.63. The van der Waals surface area contributed by atoms with E-state index in [0.717, 1.165) is 50.8 Å². The molecule has 6 heteroatoms. The maximum Gasteiger partial charge on any atom is 0.225 e. The fraction of sp³-hybridized carbons (Fsp3) is 0.444. The monoisotopic (exact) mass is 342 g/mol. The number of thioether (sulfide) groups is 1. The van der Waals surface area contributed by atoms with Gasteiger partial charge in [0.2, 0.25) is 5.95 Å². The molecule has 0 amide bonds. The Morgan fingerprint density at radius 2 is 1.96 bits per heavy atom. The molecular formula is C18H22N4OS. The van der Waals surface area contributed by atoms with Gasteiger partial charge in [-0.2, -0.15) is 0 Å². The van der Waals surface area contributed by atoms with Gasteiger partial charge in [-0.05, 0) is 23.8 Å². The number of ether oxygens (including phenoxy) is 1. The SMILES string of the molecule is c1ccc2c(c1)SCCC2NCc1cnc(N2CCOCC2)nc1. The quantitative estimate of drug-likeness (QED) is 0.922. The number of hydrogen-bond acceptors (Lipinski definition) is 6. The molecule has 3 heterocycles. The van der Waals surface area contributed by atoms with Crippen molar-refractivity contribution in [2.24, 2.45) is 0 Å². The Labute approximate surface area is 146 Å². The molecular weight excluding hydrogens is 320 g/mol. The molecule has 1 unspecified atom stereocenters. The largest absolute Gasteiger partial charge is 0.378 e. The van der Waals surface area contributed by atoms with Gasteiger partial charge in [0, 0.05) is 48.5 Å². The lowest BCUT2D eigenvalue weighted by Gasteiger charge is -2.27. The van der Waals surface area contributed by atoms with Gasteiger partial charge in [-0.15, -0.1) is 11.8 Å². The molecule has 0 radical (unpaired) electrons. The van der Waals surface area contributed by atoms with E-state index in [0.29, 0.717) is 6.04 Å². The van der Waals surface area contributed by atoms with Crippen LogP contribution in [0.1, 0.15) is 23.6 Å². The molecule has 2 aliphatic rings. The summed E-state index contributed by atoms with van der Waals surface area (Å²) in [6.45, 7) is 4.05. The normalized spacial score (nSPS) is 20.7. The third-order valence-electron chi connectivity index (χ3n) is 4.50. The Balaban J connectivity index is 1.38. The van der Waals surface area contributed by atoms with Gasteiger partial charge in [-0.3, -0.25) is 0 Å². The van der Waals surface area contributed by atoms with Gasteiger partial charge in [-0.1, -0.05) is 18.2 Å². The minimum atomic E-state index is 0.418. The van der Waals surface area contributed by atoms with E-state index in [4.69, 9.17) is 4.74 Å². The van der Waals surface area contributed by atoms with Crippen LogP contribution < -0.4 is 10.2 Å². The van der Waals surface area contributed by atoms with Gasteiger partial charge >= 0.3 is 0 Å². The molecule has 126 valence electrons. The fourth-order valence-electron chi connectivity index (χ4n) is 3.16. The molecule has 1 fully saturated rings. The highest BCUT2D eigenvalue weighted by Gasteiger charge is 2.19. The molecule has 1 aromatic heterocycles. The van der Waals surface area contributed by atoms with E-state index in [2.05, 4.69) is 44.5 Å². The van der Waals surface area contributed by atoms with E-state index in [-0.39, 0.29) is 0 Å². The van der Waals surface area contributed by atoms with Crippen LogP contribution in [0, 0.1) is 0 Å². The van der Waals surface area contributed by atoms with Gasteiger partial charge in [0.05, 0.1) is 13.2 Å². The second kappa shape index (κ2) is 7.51. The number of fused-ring (bicyclic) bond motifs is 1. The zero-order valence-electron chi connectivity index (χ0n) is 13.6. The summed E-state index contributed by atoms with van der Waals surface area (Å²) in [5, 5.41) is 3.67. The van der Waals surface area contributed by atoms with Crippen LogP contribution in [0.3, 0.4) is 0 Å². The predicted molar refractivity (Wildman–Crippen MR) is 96.4 cm³/mol. The molecule has 1 aromatic carbocycles. The lowest BCUT2D eigenvalue weighted by atomic mass is 10.0. The van der Waals surface area contributed by atoms with Crippen LogP contribution in [-0.2, 0) is 11.3 Å². The molecule has 4 rings (SSSR count). The van der Waals surface area contributed by atoms with Crippen LogP contribution in [0.25, 0.3) is 0 Å². The van der Waals surface area contributed by atoms with Gasteiger partial charge in [0.1, 0.15) is 0 Å². The summed E-state index contributed by atoms with van der Waals surface area (Å²) in [4.78, 5) is 12.6. The number of nitrogens with zero attached hydrogens (tertiary/aromatic N) is 3. The average Bonchev–Trinajstić information content (AvgIpc) is 2.67. The second-order valence-electron chi connectivity index (χ2n) is 6.10. The average molecular weight is 342 g/mol. The summed E-state index contributed by atoms with van der Waals surface area (Å²) in [5.41, 5.74) is 2.54. The van der Waals surface area contributed by atoms with Crippen molar-refractivity contribution in [3.63, 3.8) is 0 Å². The van der Waals surface area contributed by atoms with Crippen LogP contribution in [-0.4, -0.2) is 42.0 Å². The molecule has 2 aromatic rings. The van der Waals surface area contributed by atoms with Crippen molar-refractivity contribution >= 4 is 17.7 Å². The molecule has 5 nitrogen and oxygen atoms in total. The van der Waals surface area contributed by atoms with Crippen LogP contribution >= 0.6 is 11.8 Å². The second-order valence-corrected chi connectivity index (χ2v) is 7.24. The Bertz CT molecular complexity index is 673. The van der Waals surface area contributed by atoms with Crippen LogP contribution in [0.5, 0.6) is 0 Å². The maximum atomic E-state index is 5.37. The van der Waals surface area contributed by atoms with Crippen molar-refractivity contribution in [1.29, 1.82) is 0 Å². The molecule has 1 saturated heterocycles. The minimum absolute atomic E-state index is 0.418. The first-order valence-electron chi connectivity index (χ1n) is 8.49. The molecule has 0 saturated carbocycles. The number of anilines is 1. The molecule has 0 spiro atoms. The number of morpholine rings is 1. The summed E-state index contributed by atoms with van der Waals surface area (Å²) >= 11 is 1.95. The van der Waals surface area contributed by atoms with Crippen molar-refractivity contribution in [3.05, 3.63) is 47.8 Å². The Kier molecular flexibility index (Phi) is 4.96. The van der Waals surface area contributed by atoms with Crippen molar-refractivity contribution in [1.82, 2.24) is 15.3 Å². The number of rotatable bonds is 4. The maximum absolute atomic E-state index is 5.37. The molecule has 0 bridgehead atoms. The van der Waals surface area contributed by atoms with Gasteiger partial charge in [-0.25, -0.2) is 9.97 Å². The van der Waals surface area contributed by atoms with Crippen LogP contribution in [0.15, 0.2) is 41.6 Å². The first-order valence-corrected chi connectivity index (χ1v) is 9.47. The van der Waals surface area contributed by atoms with E-state index in [1.807, 2.05) is 24.2 Å². The standard InChI is InChI=1S/C18H22N4OS/c1-2-4-17-15(3-1)16(5-10-24-17)19-11-14-12-20-18(21-13-14)22-6-8-23-9-7-22/h1-4,12-13,16,19H,5-11H2. The van der Waals surface area contributed by atoms with Crippen molar-refractivity contribution in [3.8, 4) is 0 Å². The van der Waals surface area contributed by atoms with Gasteiger partial charge < -0.3 is 15.0 Å². The Morgan fingerprint density at radius 1 is 1.17 bits per heavy atom. The summed E-state index contributed by atoms with van der Waals surface area (Å²) in [6.07, 6.45) is 5.04. The highest BCUT2D eigenvalue weighted by molar-refractivity contribution is 7.99. The van der Waals surface area contributed by atoms with Gasteiger partial charge in [0.15, 0.2) is 0 Å². The number of benzene rings is 1. The van der Waals surface area contributed by atoms with Crippen LogP contribution in [0.4, 0.5) is 5.95 Å². The lowest BCUT2D eigenvalue weighted by Crippen LogP contribution is -2.37. The summed E-state index contributed by atoms with van der Waals surface area (Å²) < 4.78 is 5.37. The van der Waals surface area contributed by atoms with E-state index in [9.17, 15) is 0 Å². The molecule has 24 heavy (non-hydrogen) atoms. The summed E-state index contributed by atoms with van der Waals surface area (Å²) in [5.74, 6) is 1.97. The number of aromatic nitrogens is 2. The highest BCUT2D eigenvalue weighted by atomic mass is 32.2. The van der Waals surface area contributed by atoms with Crippen molar-refractivity contribution < 1.29 is 4.74 Å². The first kappa shape index (κ1) is 15.9. The third-order valence-corrected chi connectivity index (χ3v) is 5.62. The molecule has 2 aliphatic heterocycles. The van der Waals surface area contributed by atoms with E-state index in [1.165, 1.54) is 16.2 Å². The molecule has 0 aliphatic carbocycles. The topological polar surface area (TPSA) is 50.3 Å². The zero-order chi connectivity index (χ0) is 16.2. The third kappa shape index (κ3) is 3.55. The van der Waals surface area contributed by atoms with E-state index >= 15 is 0 Å². The first-order chi connectivity index (χ1) is 11.9. The smallest absolute Gasteiger partial charge is 0.225 e. The summed E-state index contributed by atoms with van der Waals surface area (Å²) in [6, 6.07) is 9.11. The fourth-order valence-corrected chi connectivity index (χ4v) is 4.29. The lowest BCUT2D eigenvalue weighted by molar-refractivity contribution is 0.122. The minimum Gasteiger partial charge on any atom is -0.378 e. The Morgan fingerprint density at radius 3 is 2.79 bits per heavy atom.